The van der Waals surface area contributed by atoms with Crippen LogP contribution >= 0.6 is 0 Å². The number of carbonyl (C=O) groups excluding carboxylic acids is 2. The van der Waals surface area contributed by atoms with Crippen LogP contribution in [0.1, 0.15) is 19.8 Å². The first-order valence-electron chi connectivity index (χ1n) is 5.32. The third-order valence-corrected chi connectivity index (χ3v) is 2.73. The lowest BCUT2D eigenvalue weighted by molar-refractivity contribution is -0.131. The fourth-order valence-corrected chi connectivity index (χ4v) is 1.81. The highest BCUT2D eigenvalue weighted by molar-refractivity contribution is 5.87. The van der Waals surface area contributed by atoms with Crippen molar-refractivity contribution in [3.05, 3.63) is 12.2 Å². The lowest BCUT2D eigenvalue weighted by atomic mass is 9.96. The number of amides is 2. The number of nitrogens with zero attached hydrogens (tertiary/aromatic N) is 1. The maximum Gasteiger partial charge on any atom is 0.246 e. The maximum atomic E-state index is 11.5. The number of nitrogens with one attached hydrogen (secondary N) is 1. The number of piperidine rings is 1. The predicted molar refractivity (Wildman–Crippen MR) is 58.2 cm³/mol. The van der Waals surface area contributed by atoms with Crippen LogP contribution in [0, 0.1) is 5.92 Å². The monoisotopic (exact) mass is 210 g/mol. The van der Waals surface area contributed by atoms with Crippen molar-refractivity contribution in [2.75, 3.05) is 20.1 Å². The fourth-order valence-electron chi connectivity index (χ4n) is 1.81. The van der Waals surface area contributed by atoms with E-state index >= 15 is 0 Å². The molecule has 0 aliphatic carbocycles. The quantitative estimate of drug-likeness (QED) is 0.676. The summed E-state index contributed by atoms with van der Waals surface area (Å²) in [5.41, 5.74) is 0. The SMILES string of the molecule is CC=CC(=O)N1CCC(C(=O)NC)CC1. The molecule has 0 aromatic rings. The van der Waals surface area contributed by atoms with Crippen molar-refractivity contribution < 1.29 is 9.59 Å². The van der Waals surface area contributed by atoms with Gasteiger partial charge in [0.1, 0.15) is 0 Å². The standard InChI is InChI=1S/C11H18N2O2/c1-3-4-10(14)13-7-5-9(6-8-13)11(15)12-2/h3-4,9H,5-8H2,1-2H3,(H,12,15). The van der Waals surface area contributed by atoms with Crippen molar-refractivity contribution in [2.45, 2.75) is 19.8 Å². The summed E-state index contributed by atoms with van der Waals surface area (Å²) in [6, 6.07) is 0. The number of carbonyl (C=O) groups is 2. The Morgan fingerprint density at radius 2 is 1.93 bits per heavy atom. The first-order valence-corrected chi connectivity index (χ1v) is 5.32. The Bertz CT molecular complexity index is 266. The molecule has 0 radical (unpaired) electrons. The summed E-state index contributed by atoms with van der Waals surface area (Å²) in [5, 5.41) is 2.65. The third-order valence-electron chi connectivity index (χ3n) is 2.73. The second-order valence-corrected chi connectivity index (χ2v) is 3.71. The molecule has 15 heavy (non-hydrogen) atoms. The maximum absolute atomic E-state index is 11.5. The van der Waals surface area contributed by atoms with Crippen molar-refractivity contribution in [3.63, 3.8) is 0 Å². The van der Waals surface area contributed by atoms with Gasteiger partial charge in [-0.3, -0.25) is 9.59 Å². The molecule has 0 spiro atoms. The molecule has 0 bridgehead atoms. The van der Waals surface area contributed by atoms with Gasteiger partial charge in [0, 0.05) is 26.1 Å². The molecule has 1 saturated heterocycles. The van der Waals surface area contributed by atoms with E-state index in [0.29, 0.717) is 13.1 Å². The Kier molecular flexibility index (Phi) is 4.34. The number of likely N-dealkylation sites (tertiary alicyclic amines) is 1. The van der Waals surface area contributed by atoms with E-state index in [-0.39, 0.29) is 17.7 Å². The smallest absolute Gasteiger partial charge is 0.246 e. The van der Waals surface area contributed by atoms with E-state index in [1.165, 1.54) is 0 Å². The molecular formula is C11H18N2O2. The van der Waals surface area contributed by atoms with E-state index in [1.807, 2.05) is 6.92 Å². The van der Waals surface area contributed by atoms with Gasteiger partial charge in [0.25, 0.3) is 0 Å². The van der Waals surface area contributed by atoms with Gasteiger partial charge in [0.05, 0.1) is 0 Å². The highest BCUT2D eigenvalue weighted by Gasteiger charge is 2.25. The van der Waals surface area contributed by atoms with Crippen LogP contribution in [0.3, 0.4) is 0 Å². The van der Waals surface area contributed by atoms with Crippen LogP contribution in [-0.2, 0) is 9.59 Å². The normalized spacial score (nSPS) is 18.1. The molecule has 1 fully saturated rings. The van der Waals surface area contributed by atoms with Gasteiger partial charge in [-0.15, -0.1) is 0 Å². The molecule has 84 valence electrons. The first-order chi connectivity index (χ1) is 7.19. The minimum atomic E-state index is 0.0489. The van der Waals surface area contributed by atoms with Gasteiger partial charge in [0.2, 0.25) is 11.8 Å². The Labute approximate surface area is 90.3 Å². The van der Waals surface area contributed by atoms with Gasteiger partial charge in [-0.2, -0.15) is 0 Å². The summed E-state index contributed by atoms with van der Waals surface area (Å²) in [6.45, 7) is 3.19. The number of allylic oxidation sites excluding steroid dienone is 1. The molecule has 1 aliphatic heterocycles. The number of hydrogen-bond donors (Lipinski definition) is 1. The molecule has 0 unspecified atom stereocenters. The zero-order valence-electron chi connectivity index (χ0n) is 9.32. The zero-order chi connectivity index (χ0) is 11.3. The first kappa shape index (κ1) is 11.8. The molecule has 2 amide bonds. The molecule has 1 rings (SSSR count). The van der Waals surface area contributed by atoms with E-state index in [1.54, 1.807) is 24.1 Å². The molecule has 1 heterocycles. The molecule has 0 aromatic heterocycles. The van der Waals surface area contributed by atoms with Gasteiger partial charge >= 0.3 is 0 Å². The molecule has 4 nitrogen and oxygen atoms in total. The van der Waals surface area contributed by atoms with E-state index in [0.717, 1.165) is 12.8 Å². The molecular weight excluding hydrogens is 192 g/mol. The average molecular weight is 210 g/mol. The van der Waals surface area contributed by atoms with E-state index in [9.17, 15) is 9.59 Å². The van der Waals surface area contributed by atoms with Crippen LogP contribution in [0.25, 0.3) is 0 Å². The molecule has 0 atom stereocenters. The average Bonchev–Trinajstić information content (AvgIpc) is 2.28. The van der Waals surface area contributed by atoms with Crippen molar-refractivity contribution >= 4 is 11.8 Å². The summed E-state index contributed by atoms with van der Waals surface area (Å²) in [5.74, 6) is 0.214. The van der Waals surface area contributed by atoms with Crippen LogP contribution in [0.15, 0.2) is 12.2 Å². The summed E-state index contributed by atoms with van der Waals surface area (Å²) in [6.07, 6.45) is 4.85. The topological polar surface area (TPSA) is 49.4 Å². The Morgan fingerprint density at radius 1 is 1.33 bits per heavy atom. The lowest BCUT2D eigenvalue weighted by Crippen LogP contribution is -2.41. The Morgan fingerprint density at radius 3 is 2.40 bits per heavy atom. The van der Waals surface area contributed by atoms with Crippen molar-refractivity contribution in [3.8, 4) is 0 Å². The minimum Gasteiger partial charge on any atom is -0.359 e. The molecule has 4 heteroatoms. The van der Waals surface area contributed by atoms with Gasteiger partial charge < -0.3 is 10.2 Å². The second kappa shape index (κ2) is 5.53. The van der Waals surface area contributed by atoms with Gasteiger partial charge in [0.15, 0.2) is 0 Å². The van der Waals surface area contributed by atoms with Crippen LogP contribution in [-0.4, -0.2) is 36.9 Å². The highest BCUT2D eigenvalue weighted by Crippen LogP contribution is 2.17. The lowest BCUT2D eigenvalue weighted by Gasteiger charge is -2.30. The Hall–Kier alpha value is -1.32. The van der Waals surface area contributed by atoms with E-state index in [2.05, 4.69) is 5.32 Å². The summed E-state index contributed by atoms with van der Waals surface area (Å²) >= 11 is 0. The number of rotatable bonds is 2. The molecule has 0 saturated carbocycles. The molecule has 1 aliphatic rings. The third kappa shape index (κ3) is 3.08. The Balaban J connectivity index is 2.42. The van der Waals surface area contributed by atoms with Gasteiger partial charge in [-0.25, -0.2) is 0 Å². The summed E-state index contributed by atoms with van der Waals surface area (Å²) < 4.78 is 0. The predicted octanol–water partition coefficient (Wildman–Crippen LogP) is 0.547. The van der Waals surface area contributed by atoms with Crippen molar-refractivity contribution in [1.29, 1.82) is 0 Å². The van der Waals surface area contributed by atoms with E-state index in [4.69, 9.17) is 0 Å². The number of hydrogen-bond acceptors (Lipinski definition) is 2. The summed E-state index contributed by atoms with van der Waals surface area (Å²) in [4.78, 5) is 24.6. The minimum absolute atomic E-state index is 0.0489. The van der Waals surface area contributed by atoms with Crippen molar-refractivity contribution in [1.82, 2.24) is 10.2 Å². The van der Waals surface area contributed by atoms with Crippen molar-refractivity contribution in [2.24, 2.45) is 5.92 Å². The van der Waals surface area contributed by atoms with Crippen LogP contribution in [0.4, 0.5) is 0 Å². The van der Waals surface area contributed by atoms with Gasteiger partial charge in [-0.1, -0.05) is 6.08 Å². The second-order valence-electron chi connectivity index (χ2n) is 3.71. The van der Waals surface area contributed by atoms with E-state index < -0.39 is 0 Å². The van der Waals surface area contributed by atoms with Crippen LogP contribution in [0.5, 0.6) is 0 Å². The summed E-state index contributed by atoms with van der Waals surface area (Å²) in [7, 11) is 1.65. The van der Waals surface area contributed by atoms with Gasteiger partial charge in [-0.05, 0) is 25.8 Å². The molecule has 1 N–H and O–H groups in total. The van der Waals surface area contributed by atoms with Crippen LogP contribution < -0.4 is 5.32 Å². The van der Waals surface area contributed by atoms with Crippen LogP contribution in [0.2, 0.25) is 0 Å². The highest BCUT2D eigenvalue weighted by atomic mass is 16.2. The largest absolute Gasteiger partial charge is 0.359 e. The zero-order valence-corrected chi connectivity index (χ0v) is 9.32. The molecule has 0 aromatic carbocycles. The fraction of sp³-hybridized carbons (Fsp3) is 0.636.